The van der Waals surface area contributed by atoms with Gasteiger partial charge in [0, 0.05) is 6.54 Å². The number of benzene rings is 2. The lowest BCUT2D eigenvalue weighted by Gasteiger charge is -2.20. The van der Waals surface area contributed by atoms with Gasteiger partial charge in [0.1, 0.15) is 5.75 Å². The number of amides is 1. The summed E-state index contributed by atoms with van der Waals surface area (Å²) in [5, 5.41) is 13.5. The van der Waals surface area contributed by atoms with E-state index in [4.69, 9.17) is 4.74 Å². The molecule has 6 nitrogen and oxygen atoms in total. The Morgan fingerprint density at radius 3 is 2.72 bits per heavy atom. The molecule has 0 aliphatic heterocycles. The lowest BCUT2D eigenvalue weighted by atomic mass is 9.89. The predicted molar refractivity (Wildman–Crippen MR) is 113 cm³/mol. The quantitative estimate of drug-likeness (QED) is 0.670. The van der Waals surface area contributed by atoms with Crippen LogP contribution in [0.25, 0.3) is 10.8 Å². The molecule has 0 spiro atoms. The molecule has 1 amide bonds. The van der Waals surface area contributed by atoms with Gasteiger partial charge in [0.2, 0.25) is 0 Å². The van der Waals surface area contributed by atoms with Crippen LogP contribution >= 0.6 is 0 Å². The van der Waals surface area contributed by atoms with Crippen molar-refractivity contribution in [3.8, 4) is 5.75 Å². The lowest BCUT2D eigenvalue weighted by Crippen LogP contribution is -2.27. The Labute approximate surface area is 171 Å². The van der Waals surface area contributed by atoms with Gasteiger partial charge in [-0.15, -0.1) is 5.10 Å². The van der Waals surface area contributed by atoms with E-state index in [-0.39, 0.29) is 11.9 Å². The molecule has 1 heterocycles. The second-order valence-corrected chi connectivity index (χ2v) is 8.00. The van der Waals surface area contributed by atoms with Gasteiger partial charge < -0.3 is 10.1 Å². The van der Waals surface area contributed by atoms with Crippen LogP contribution in [0.15, 0.2) is 42.6 Å². The number of nitrogens with one attached hydrogen (secondary N) is 1. The van der Waals surface area contributed by atoms with Gasteiger partial charge in [-0.2, -0.15) is 0 Å². The number of carbonyl (C=O) groups excluding carboxylic acids is 1. The molecule has 1 N–H and O–H groups in total. The molecule has 1 atom stereocenters. The number of rotatable bonds is 6. The van der Waals surface area contributed by atoms with E-state index in [9.17, 15) is 4.79 Å². The van der Waals surface area contributed by atoms with E-state index < -0.39 is 0 Å². The van der Waals surface area contributed by atoms with E-state index in [1.54, 1.807) is 13.3 Å². The standard InChI is InChI=1S/C23H28N4O2/c1-16(18-8-9-20-13-21(29-2)11-10-19(20)12-18)24-23(28)22-15-27(26-25-22)14-17-6-4-3-5-7-17/h8-13,15-17H,3-7,14H2,1-2H3,(H,24,28). The Morgan fingerprint density at radius 2 is 1.93 bits per heavy atom. The van der Waals surface area contributed by atoms with E-state index in [0.717, 1.165) is 28.6 Å². The molecular weight excluding hydrogens is 364 g/mol. The monoisotopic (exact) mass is 392 g/mol. The topological polar surface area (TPSA) is 69.0 Å². The average Bonchev–Trinajstić information content (AvgIpc) is 3.22. The first kappa shape index (κ1) is 19.4. The number of aromatic nitrogens is 3. The van der Waals surface area contributed by atoms with Crippen molar-refractivity contribution in [1.29, 1.82) is 0 Å². The molecule has 4 rings (SSSR count). The first-order valence-corrected chi connectivity index (χ1v) is 10.4. The zero-order valence-corrected chi connectivity index (χ0v) is 17.1. The second kappa shape index (κ2) is 8.64. The van der Waals surface area contributed by atoms with Gasteiger partial charge in [-0.3, -0.25) is 9.48 Å². The molecule has 29 heavy (non-hydrogen) atoms. The highest BCUT2D eigenvalue weighted by molar-refractivity contribution is 5.92. The lowest BCUT2D eigenvalue weighted by molar-refractivity contribution is 0.0934. The summed E-state index contributed by atoms with van der Waals surface area (Å²) in [6.07, 6.45) is 8.18. The summed E-state index contributed by atoms with van der Waals surface area (Å²) in [5.74, 6) is 1.29. The number of ether oxygens (including phenoxy) is 1. The van der Waals surface area contributed by atoms with Crippen LogP contribution in [0, 0.1) is 5.92 Å². The van der Waals surface area contributed by atoms with Crippen LogP contribution in [0.3, 0.4) is 0 Å². The molecular formula is C23H28N4O2. The third kappa shape index (κ3) is 4.58. The number of fused-ring (bicyclic) bond motifs is 1. The highest BCUT2D eigenvalue weighted by Gasteiger charge is 2.18. The molecule has 0 radical (unpaired) electrons. The third-order valence-corrected chi connectivity index (χ3v) is 5.86. The van der Waals surface area contributed by atoms with Crippen LogP contribution < -0.4 is 10.1 Å². The van der Waals surface area contributed by atoms with Gasteiger partial charge in [0.05, 0.1) is 19.3 Å². The summed E-state index contributed by atoms with van der Waals surface area (Å²) in [4.78, 5) is 12.6. The van der Waals surface area contributed by atoms with Crippen molar-refractivity contribution in [3.05, 3.63) is 53.9 Å². The maximum atomic E-state index is 12.6. The fourth-order valence-corrected chi connectivity index (χ4v) is 4.12. The molecule has 152 valence electrons. The molecule has 0 saturated heterocycles. The van der Waals surface area contributed by atoms with Gasteiger partial charge in [-0.05, 0) is 60.2 Å². The minimum atomic E-state index is -0.192. The molecule has 1 aromatic heterocycles. The van der Waals surface area contributed by atoms with Gasteiger partial charge in [-0.25, -0.2) is 0 Å². The minimum absolute atomic E-state index is 0.127. The molecule has 6 heteroatoms. The zero-order chi connectivity index (χ0) is 20.2. The van der Waals surface area contributed by atoms with E-state index >= 15 is 0 Å². The number of hydrogen-bond donors (Lipinski definition) is 1. The Morgan fingerprint density at radius 1 is 1.17 bits per heavy atom. The zero-order valence-electron chi connectivity index (χ0n) is 17.1. The van der Waals surface area contributed by atoms with Crippen molar-refractivity contribution < 1.29 is 9.53 Å². The summed E-state index contributed by atoms with van der Waals surface area (Å²) in [5.41, 5.74) is 1.42. The number of methoxy groups -OCH3 is 1. The fraction of sp³-hybridized carbons (Fsp3) is 0.435. The predicted octanol–water partition coefficient (Wildman–Crippen LogP) is 4.51. The van der Waals surface area contributed by atoms with E-state index in [0.29, 0.717) is 11.6 Å². The smallest absolute Gasteiger partial charge is 0.273 e. The molecule has 0 bridgehead atoms. The molecule has 1 aliphatic carbocycles. The first-order chi connectivity index (χ1) is 14.1. The molecule has 3 aromatic rings. The Kier molecular flexibility index (Phi) is 5.79. The highest BCUT2D eigenvalue weighted by atomic mass is 16.5. The number of carbonyl (C=O) groups is 1. The van der Waals surface area contributed by atoms with Crippen LogP contribution in [0.4, 0.5) is 0 Å². The summed E-state index contributed by atoms with van der Waals surface area (Å²) in [7, 11) is 1.67. The number of nitrogens with zero attached hydrogens (tertiary/aromatic N) is 3. The average molecular weight is 393 g/mol. The highest BCUT2D eigenvalue weighted by Crippen LogP contribution is 2.25. The van der Waals surface area contributed by atoms with Crippen LogP contribution in [0.2, 0.25) is 0 Å². The van der Waals surface area contributed by atoms with Crippen molar-refractivity contribution in [2.75, 3.05) is 7.11 Å². The first-order valence-electron chi connectivity index (χ1n) is 10.4. The Balaban J connectivity index is 1.40. The Hall–Kier alpha value is -2.89. The van der Waals surface area contributed by atoms with Crippen LogP contribution in [0.5, 0.6) is 5.75 Å². The van der Waals surface area contributed by atoms with Crippen molar-refractivity contribution in [2.24, 2.45) is 5.92 Å². The minimum Gasteiger partial charge on any atom is -0.497 e. The maximum Gasteiger partial charge on any atom is 0.273 e. The number of hydrogen-bond acceptors (Lipinski definition) is 4. The fourth-order valence-electron chi connectivity index (χ4n) is 4.12. The van der Waals surface area contributed by atoms with Gasteiger partial charge in [0.25, 0.3) is 5.91 Å². The van der Waals surface area contributed by atoms with Crippen molar-refractivity contribution in [3.63, 3.8) is 0 Å². The van der Waals surface area contributed by atoms with Gasteiger partial charge in [-0.1, -0.05) is 42.7 Å². The van der Waals surface area contributed by atoms with Crippen molar-refractivity contribution >= 4 is 16.7 Å². The van der Waals surface area contributed by atoms with Crippen molar-refractivity contribution in [1.82, 2.24) is 20.3 Å². The maximum absolute atomic E-state index is 12.6. The SMILES string of the molecule is COc1ccc2cc(C(C)NC(=O)c3cn(CC4CCCCC4)nn3)ccc2c1. The van der Waals surface area contributed by atoms with Crippen LogP contribution in [-0.2, 0) is 6.54 Å². The summed E-state index contributed by atoms with van der Waals surface area (Å²) >= 11 is 0. The molecule has 1 aliphatic rings. The molecule has 1 unspecified atom stereocenters. The van der Waals surface area contributed by atoms with Gasteiger partial charge >= 0.3 is 0 Å². The molecule has 1 saturated carbocycles. The molecule has 1 fully saturated rings. The normalized spacial score (nSPS) is 15.9. The summed E-state index contributed by atoms with van der Waals surface area (Å²) in [6.45, 7) is 2.83. The van der Waals surface area contributed by atoms with Gasteiger partial charge in [0.15, 0.2) is 5.69 Å². The second-order valence-electron chi connectivity index (χ2n) is 8.00. The Bertz CT molecular complexity index is 991. The largest absolute Gasteiger partial charge is 0.497 e. The van der Waals surface area contributed by atoms with Crippen LogP contribution in [0.1, 0.15) is 61.1 Å². The summed E-state index contributed by atoms with van der Waals surface area (Å²) < 4.78 is 7.10. The van der Waals surface area contributed by atoms with E-state index in [1.165, 1.54) is 32.1 Å². The molecule has 2 aromatic carbocycles. The third-order valence-electron chi connectivity index (χ3n) is 5.86. The summed E-state index contributed by atoms with van der Waals surface area (Å²) in [6, 6.07) is 12.0. The van der Waals surface area contributed by atoms with Crippen LogP contribution in [-0.4, -0.2) is 28.0 Å². The van der Waals surface area contributed by atoms with E-state index in [1.807, 2.05) is 35.9 Å². The van der Waals surface area contributed by atoms with E-state index in [2.05, 4.69) is 27.8 Å². The van der Waals surface area contributed by atoms with Crippen molar-refractivity contribution in [2.45, 2.75) is 51.6 Å².